The third kappa shape index (κ3) is 3.90. The topological polar surface area (TPSA) is 114 Å². The summed E-state index contributed by atoms with van der Waals surface area (Å²) < 4.78 is 5.09. The Morgan fingerprint density at radius 2 is 2.21 bits per heavy atom. The number of aromatic nitrogens is 1. The fraction of sp³-hybridized carbons (Fsp3) is 0.400. The van der Waals surface area contributed by atoms with Crippen molar-refractivity contribution in [3.8, 4) is 0 Å². The van der Waals surface area contributed by atoms with E-state index in [0.29, 0.717) is 18.0 Å². The van der Waals surface area contributed by atoms with Crippen LogP contribution in [0.15, 0.2) is 39.9 Å². The molecular formula is C20H25N5O3. The molecule has 0 bridgehead atoms. The molecule has 8 heteroatoms. The van der Waals surface area contributed by atoms with Crippen LogP contribution >= 0.6 is 0 Å². The lowest BCUT2D eigenvalue weighted by molar-refractivity contribution is -0.128. The van der Waals surface area contributed by atoms with Crippen LogP contribution in [0.25, 0.3) is 0 Å². The standard InChI is InChI=1S/C20H25N5O3/c1-4-5-9-20(11-17(26)25(3)19(21)24-20)14-7-6-8-15(10-14)23-18(27)16-12-28-13(2)22-16/h6-8,10,12H,4-5,9,11H2,1-3H3,(H2,21,24)(H,23,27)/t20-/m0/s1. The van der Waals surface area contributed by atoms with E-state index in [9.17, 15) is 9.59 Å². The van der Waals surface area contributed by atoms with E-state index in [1.807, 2.05) is 18.2 Å². The molecule has 0 unspecified atom stereocenters. The maximum absolute atomic E-state index is 12.5. The minimum Gasteiger partial charge on any atom is -0.448 e. The van der Waals surface area contributed by atoms with Crippen molar-refractivity contribution >= 4 is 23.5 Å². The third-order valence-electron chi connectivity index (χ3n) is 4.94. The monoisotopic (exact) mass is 383 g/mol. The number of nitrogens with two attached hydrogens (primary N) is 1. The Balaban J connectivity index is 1.93. The smallest absolute Gasteiger partial charge is 0.277 e. The van der Waals surface area contributed by atoms with Crippen molar-refractivity contribution in [3.05, 3.63) is 47.7 Å². The average Bonchev–Trinajstić information content (AvgIpc) is 3.11. The summed E-state index contributed by atoms with van der Waals surface area (Å²) in [7, 11) is 1.63. The van der Waals surface area contributed by atoms with Gasteiger partial charge in [-0.3, -0.25) is 14.5 Å². The number of unbranched alkanes of at least 4 members (excludes halogenated alkanes) is 1. The number of hydrogen-bond acceptors (Lipinski definition) is 6. The first-order chi connectivity index (χ1) is 13.3. The number of carbonyl (C=O) groups is 2. The fourth-order valence-electron chi connectivity index (χ4n) is 3.30. The molecule has 1 aliphatic heterocycles. The van der Waals surface area contributed by atoms with Crippen LogP contribution in [-0.4, -0.2) is 34.7 Å². The molecule has 0 radical (unpaired) electrons. The van der Waals surface area contributed by atoms with E-state index in [0.717, 1.165) is 18.4 Å². The van der Waals surface area contributed by atoms with Gasteiger partial charge in [0.25, 0.3) is 5.91 Å². The van der Waals surface area contributed by atoms with Crippen molar-refractivity contribution in [3.63, 3.8) is 0 Å². The molecule has 0 spiro atoms. The quantitative estimate of drug-likeness (QED) is 0.796. The maximum atomic E-state index is 12.5. The molecule has 0 saturated heterocycles. The molecule has 0 fully saturated rings. The number of nitrogens with one attached hydrogen (secondary N) is 1. The molecular weight excluding hydrogens is 358 g/mol. The van der Waals surface area contributed by atoms with Crippen molar-refractivity contribution in [1.29, 1.82) is 0 Å². The van der Waals surface area contributed by atoms with E-state index in [1.54, 1.807) is 20.0 Å². The predicted molar refractivity (Wildman–Crippen MR) is 106 cm³/mol. The summed E-state index contributed by atoms with van der Waals surface area (Å²) in [5, 5.41) is 2.82. The van der Waals surface area contributed by atoms with Gasteiger partial charge in [-0.05, 0) is 24.1 Å². The molecule has 28 heavy (non-hydrogen) atoms. The van der Waals surface area contributed by atoms with Gasteiger partial charge < -0.3 is 15.5 Å². The Morgan fingerprint density at radius 1 is 1.43 bits per heavy atom. The number of aliphatic imine (C=N–C) groups is 1. The van der Waals surface area contributed by atoms with Gasteiger partial charge in [0.2, 0.25) is 5.91 Å². The number of oxazole rings is 1. The van der Waals surface area contributed by atoms with Crippen molar-refractivity contribution in [2.45, 2.75) is 45.1 Å². The van der Waals surface area contributed by atoms with E-state index >= 15 is 0 Å². The highest BCUT2D eigenvalue weighted by molar-refractivity contribution is 6.02. The lowest BCUT2D eigenvalue weighted by Gasteiger charge is -2.36. The van der Waals surface area contributed by atoms with Crippen LogP contribution in [0, 0.1) is 6.92 Å². The summed E-state index contributed by atoms with van der Waals surface area (Å²) >= 11 is 0. The minimum atomic E-state index is -0.727. The molecule has 1 aromatic heterocycles. The molecule has 2 amide bonds. The zero-order valence-corrected chi connectivity index (χ0v) is 16.4. The largest absolute Gasteiger partial charge is 0.448 e. The van der Waals surface area contributed by atoms with Crippen LogP contribution in [-0.2, 0) is 10.3 Å². The van der Waals surface area contributed by atoms with E-state index in [4.69, 9.17) is 15.1 Å². The van der Waals surface area contributed by atoms with Gasteiger partial charge in [-0.1, -0.05) is 31.9 Å². The first-order valence-corrected chi connectivity index (χ1v) is 9.30. The second kappa shape index (κ2) is 7.84. The summed E-state index contributed by atoms with van der Waals surface area (Å²) in [5.41, 5.74) is 6.94. The predicted octanol–water partition coefficient (Wildman–Crippen LogP) is 2.80. The van der Waals surface area contributed by atoms with Crippen molar-refractivity contribution in [2.24, 2.45) is 10.7 Å². The van der Waals surface area contributed by atoms with E-state index < -0.39 is 5.54 Å². The molecule has 0 aliphatic carbocycles. The number of anilines is 1. The summed E-state index contributed by atoms with van der Waals surface area (Å²) in [6.07, 6.45) is 4.14. The average molecular weight is 383 g/mol. The highest BCUT2D eigenvalue weighted by Gasteiger charge is 2.39. The number of benzene rings is 1. The highest BCUT2D eigenvalue weighted by Crippen LogP contribution is 2.39. The molecule has 8 nitrogen and oxygen atoms in total. The van der Waals surface area contributed by atoms with Gasteiger partial charge in [0.15, 0.2) is 17.5 Å². The van der Waals surface area contributed by atoms with E-state index in [2.05, 4.69) is 17.2 Å². The molecule has 0 saturated carbocycles. The summed E-state index contributed by atoms with van der Waals surface area (Å²) in [6.45, 7) is 3.77. The number of carbonyl (C=O) groups excluding carboxylic acids is 2. The van der Waals surface area contributed by atoms with Gasteiger partial charge in [0, 0.05) is 19.7 Å². The normalized spacial score (nSPS) is 19.5. The number of amides is 2. The molecule has 148 valence electrons. The molecule has 3 rings (SSSR count). The van der Waals surface area contributed by atoms with Gasteiger partial charge in [-0.2, -0.15) is 0 Å². The summed E-state index contributed by atoms with van der Waals surface area (Å²) in [6, 6.07) is 7.38. The van der Waals surface area contributed by atoms with Gasteiger partial charge in [0.05, 0.1) is 12.0 Å². The molecule has 1 aromatic carbocycles. The van der Waals surface area contributed by atoms with Crippen LogP contribution < -0.4 is 11.1 Å². The van der Waals surface area contributed by atoms with Gasteiger partial charge in [0.1, 0.15) is 6.26 Å². The Hall–Kier alpha value is -3.16. The molecule has 2 aromatic rings. The van der Waals surface area contributed by atoms with Gasteiger partial charge >= 0.3 is 0 Å². The van der Waals surface area contributed by atoms with E-state index in [-0.39, 0.29) is 29.9 Å². The second-order valence-corrected chi connectivity index (χ2v) is 7.02. The van der Waals surface area contributed by atoms with Crippen LogP contribution in [0.5, 0.6) is 0 Å². The third-order valence-corrected chi connectivity index (χ3v) is 4.94. The summed E-state index contributed by atoms with van der Waals surface area (Å²) in [5.74, 6) is 0.196. The minimum absolute atomic E-state index is 0.0730. The number of hydrogen-bond donors (Lipinski definition) is 2. The first kappa shape index (κ1) is 19.6. The second-order valence-electron chi connectivity index (χ2n) is 7.02. The van der Waals surface area contributed by atoms with Crippen molar-refractivity contribution < 1.29 is 14.0 Å². The van der Waals surface area contributed by atoms with E-state index in [1.165, 1.54) is 11.2 Å². The maximum Gasteiger partial charge on any atom is 0.277 e. The molecule has 3 N–H and O–H groups in total. The lowest BCUT2D eigenvalue weighted by Crippen LogP contribution is -2.48. The van der Waals surface area contributed by atoms with Crippen LogP contribution in [0.4, 0.5) is 5.69 Å². The van der Waals surface area contributed by atoms with Crippen LogP contribution in [0.3, 0.4) is 0 Å². The highest BCUT2D eigenvalue weighted by atomic mass is 16.3. The zero-order chi connectivity index (χ0) is 20.3. The van der Waals surface area contributed by atoms with Crippen LogP contribution in [0.1, 0.15) is 54.5 Å². The number of rotatable bonds is 6. The first-order valence-electron chi connectivity index (χ1n) is 9.30. The molecule has 2 heterocycles. The number of guanidine groups is 1. The SMILES string of the molecule is CCCC[C@@]1(c2cccc(NC(=O)c3coc(C)n3)c2)CC(=O)N(C)C(N)=N1. The molecule has 1 atom stereocenters. The van der Waals surface area contributed by atoms with Crippen LogP contribution in [0.2, 0.25) is 0 Å². The Bertz CT molecular complexity index is 920. The fourth-order valence-corrected chi connectivity index (χ4v) is 3.30. The van der Waals surface area contributed by atoms with Gasteiger partial charge in [-0.15, -0.1) is 0 Å². The van der Waals surface area contributed by atoms with Crippen molar-refractivity contribution in [1.82, 2.24) is 9.88 Å². The lowest BCUT2D eigenvalue weighted by atomic mass is 9.81. The van der Waals surface area contributed by atoms with Gasteiger partial charge in [-0.25, -0.2) is 9.98 Å². The summed E-state index contributed by atoms with van der Waals surface area (Å²) in [4.78, 5) is 35.0. The van der Waals surface area contributed by atoms with Crippen molar-refractivity contribution in [2.75, 3.05) is 12.4 Å². The Labute approximate surface area is 163 Å². The number of nitrogens with zero attached hydrogens (tertiary/aromatic N) is 3. The Morgan fingerprint density at radius 3 is 2.86 bits per heavy atom. The number of aryl methyl sites for hydroxylation is 1. The Kier molecular flexibility index (Phi) is 5.48. The molecule has 1 aliphatic rings. The zero-order valence-electron chi connectivity index (χ0n) is 16.4.